The number of carbonyl (C=O) groups excluding carboxylic acids is 1. The molecule has 1 aromatic rings. The van der Waals surface area contributed by atoms with Crippen LogP contribution in [-0.2, 0) is 0 Å². The first kappa shape index (κ1) is 16.0. The lowest BCUT2D eigenvalue weighted by Crippen LogP contribution is -2.31. The minimum absolute atomic E-state index is 0.0435. The van der Waals surface area contributed by atoms with E-state index in [-0.39, 0.29) is 17.0 Å². The second kappa shape index (κ2) is 7.59. The zero-order valence-electron chi connectivity index (χ0n) is 11.5. The summed E-state index contributed by atoms with van der Waals surface area (Å²) in [6.45, 7) is -2.24. The molecule has 0 saturated heterocycles. The van der Waals surface area contributed by atoms with Gasteiger partial charge in [0.05, 0.1) is 0 Å². The van der Waals surface area contributed by atoms with Gasteiger partial charge in [-0.05, 0) is 55.9 Å². The third-order valence-corrected chi connectivity index (χ3v) is 4.11. The first-order chi connectivity index (χ1) is 10.0. The van der Waals surface area contributed by atoms with Crippen LogP contribution in [0.5, 0.6) is 5.75 Å². The zero-order chi connectivity index (χ0) is 15.2. The topological polar surface area (TPSA) is 38.3 Å². The van der Waals surface area contributed by atoms with Crippen LogP contribution in [0.1, 0.15) is 36.0 Å². The van der Waals surface area contributed by atoms with Crippen LogP contribution >= 0.6 is 11.6 Å². The predicted molar refractivity (Wildman–Crippen MR) is 77.0 cm³/mol. The van der Waals surface area contributed by atoms with E-state index in [0.29, 0.717) is 18.0 Å². The van der Waals surface area contributed by atoms with Crippen molar-refractivity contribution in [2.24, 2.45) is 5.92 Å². The molecule has 1 aromatic carbocycles. The Bertz CT molecular complexity index is 459. The van der Waals surface area contributed by atoms with Crippen molar-refractivity contribution in [3.05, 3.63) is 29.8 Å². The number of hydrogen-bond acceptors (Lipinski definition) is 2. The molecule has 1 aliphatic carbocycles. The highest BCUT2D eigenvalue weighted by molar-refractivity contribution is 6.20. The molecule has 0 bridgehead atoms. The molecule has 0 aromatic heterocycles. The van der Waals surface area contributed by atoms with Crippen LogP contribution in [0.3, 0.4) is 0 Å². The van der Waals surface area contributed by atoms with E-state index >= 15 is 0 Å². The molecule has 1 fully saturated rings. The summed E-state index contributed by atoms with van der Waals surface area (Å²) in [6.07, 6.45) is 4.02. The second-order valence-corrected chi connectivity index (χ2v) is 5.85. The monoisotopic (exact) mass is 317 g/mol. The third-order valence-electron chi connectivity index (χ3n) is 3.67. The summed E-state index contributed by atoms with van der Waals surface area (Å²) in [4.78, 5) is 12.0. The molecule has 21 heavy (non-hydrogen) atoms. The number of nitrogens with one attached hydrogen (secondary N) is 1. The molecule has 0 unspecified atom stereocenters. The Morgan fingerprint density at radius 1 is 1.24 bits per heavy atom. The molecule has 6 heteroatoms. The van der Waals surface area contributed by atoms with Crippen LogP contribution < -0.4 is 10.1 Å². The lowest BCUT2D eigenvalue weighted by molar-refractivity contribution is -0.0498. The molecule has 116 valence electrons. The summed E-state index contributed by atoms with van der Waals surface area (Å²) in [5.41, 5.74) is 0.433. The van der Waals surface area contributed by atoms with Gasteiger partial charge in [0.1, 0.15) is 5.75 Å². The number of halogens is 3. The Kier molecular flexibility index (Phi) is 5.79. The van der Waals surface area contributed by atoms with Crippen molar-refractivity contribution in [2.45, 2.75) is 37.7 Å². The van der Waals surface area contributed by atoms with E-state index in [1.807, 2.05) is 0 Å². The van der Waals surface area contributed by atoms with Crippen LogP contribution in [-0.4, -0.2) is 24.4 Å². The number of ether oxygens (including phenoxy) is 1. The molecule has 2 rings (SSSR count). The van der Waals surface area contributed by atoms with Crippen LogP contribution in [0.2, 0.25) is 0 Å². The summed E-state index contributed by atoms with van der Waals surface area (Å²) < 4.78 is 28.3. The highest BCUT2D eigenvalue weighted by atomic mass is 35.5. The normalized spacial score (nSPS) is 22.1. The molecule has 0 atom stereocenters. The van der Waals surface area contributed by atoms with E-state index in [9.17, 15) is 13.6 Å². The molecular formula is C15H18ClF2NO2. The fourth-order valence-corrected chi connectivity index (χ4v) is 2.70. The third kappa shape index (κ3) is 5.16. The molecule has 1 aliphatic rings. The van der Waals surface area contributed by atoms with E-state index < -0.39 is 6.61 Å². The molecule has 0 heterocycles. The van der Waals surface area contributed by atoms with Gasteiger partial charge in [-0.2, -0.15) is 8.78 Å². The van der Waals surface area contributed by atoms with Gasteiger partial charge in [0.25, 0.3) is 5.91 Å². The molecule has 1 N–H and O–H groups in total. The fraction of sp³-hybridized carbons (Fsp3) is 0.533. The molecule has 3 nitrogen and oxygen atoms in total. The van der Waals surface area contributed by atoms with Crippen molar-refractivity contribution in [2.75, 3.05) is 6.54 Å². The standard InChI is InChI=1S/C15H18ClF2NO2/c16-12-5-1-10(2-6-12)9-19-14(20)11-3-7-13(8-4-11)21-15(17)18/h3-4,7-8,10,12,15H,1-2,5-6,9H2,(H,19,20). The van der Waals surface area contributed by atoms with Gasteiger partial charge >= 0.3 is 6.61 Å². The lowest BCUT2D eigenvalue weighted by Gasteiger charge is -2.25. The molecule has 0 spiro atoms. The maximum Gasteiger partial charge on any atom is 0.387 e. The largest absolute Gasteiger partial charge is 0.435 e. The van der Waals surface area contributed by atoms with Gasteiger partial charge in [-0.1, -0.05) is 0 Å². The minimum Gasteiger partial charge on any atom is -0.435 e. The van der Waals surface area contributed by atoms with Gasteiger partial charge in [0, 0.05) is 17.5 Å². The van der Waals surface area contributed by atoms with Crippen molar-refractivity contribution in [1.82, 2.24) is 5.32 Å². The number of benzene rings is 1. The van der Waals surface area contributed by atoms with Gasteiger partial charge in [-0.3, -0.25) is 4.79 Å². The Hall–Kier alpha value is -1.36. The summed E-state index contributed by atoms with van der Waals surface area (Å²) in [5, 5.41) is 3.14. The lowest BCUT2D eigenvalue weighted by atomic mass is 9.89. The van der Waals surface area contributed by atoms with Crippen molar-refractivity contribution in [1.29, 1.82) is 0 Å². The molecule has 0 aliphatic heterocycles. The van der Waals surface area contributed by atoms with Crippen molar-refractivity contribution in [3.8, 4) is 5.75 Å². The van der Waals surface area contributed by atoms with E-state index in [0.717, 1.165) is 25.7 Å². The maximum absolute atomic E-state index is 12.0. The van der Waals surface area contributed by atoms with Crippen molar-refractivity contribution < 1.29 is 18.3 Å². The summed E-state index contributed by atoms with van der Waals surface area (Å²) in [5.74, 6) is 0.305. The molecule has 0 radical (unpaired) electrons. The first-order valence-electron chi connectivity index (χ1n) is 7.01. The Balaban J connectivity index is 1.80. The number of rotatable bonds is 5. The van der Waals surface area contributed by atoms with Gasteiger partial charge in [-0.15, -0.1) is 11.6 Å². The number of amides is 1. The smallest absolute Gasteiger partial charge is 0.387 e. The Morgan fingerprint density at radius 3 is 2.43 bits per heavy atom. The van der Waals surface area contributed by atoms with E-state index in [1.54, 1.807) is 0 Å². The van der Waals surface area contributed by atoms with Gasteiger partial charge < -0.3 is 10.1 Å². The predicted octanol–water partition coefficient (Wildman–Crippen LogP) is 3.82. The molecular weight excluding hydrogens is 300 g/mol. The summed E-state index contributed by atoms with van der Waals surface area (Å²) >= 11 is 6.04. The van der Waals surface area contributed by atoms with Gasteiger partial charge in [0.2, 0.25) is 0 Å². The highest BCUT2D eigenvalue weighted by Gasteiger charge is 2.20. The molecule has 1 amide bonds. The van der Waals surface area contributed by atoms with Crippen LogP contribution in [0.4, 0.5) is 8.78 Å². The van der Waals surface area contributed by atoms with Crippen molar-refractivity contribution >= 4 is 17.5 Å². The van der Waals surface area contributed by atoms with E-state index in [1.165, 1.54) is 24.3 Å². The Labute approximate surface area is 127 Å². The van der Waals surface area contributed by atoms with Crippen molar-refractivity contribution in [3.63, 3.8) is 0 Å². The van der Waals surface area contributed by atoms with Gasteiger partial charge in [0.15, 0.2) is 0 Å². The van der Waals surface area contributed by atoms with Crippen LogP contribution in [0.15, 0.2) is 24.3 Å². The number of hydrogen-bond donors (Lipinski definition) is 1. The molecule has 1 saturated carbocycles. The second-order valence-electron chi connectivity index (χ2n) is 5.23. The highest BCUT2D eigenvalue weighted by Crippen LogP contribution is 2.27. The Morgan fingerprint density at radius 2 is 1.86 bits per heavy atom. The van der Waals surface area contributed by atoms with Crippen LogP contribution in [0.25, 0.3) is 0 Å². The maximum atomic E-state index is 12.0. The number of carbonyl (C=O) groups is 1. The fourth-order valence-electron chi connectivity index (χ4n) is 2.45. The SMILES string of the molecule is O=C(NCC1CCC(Cl)CC1)c1ccc(OC(F)F)cc1. The minimum atomic E-state index is -2.86. The van der Waals surface area contributed by atoms with Gasteiger partial charge in [-0.25, -0.2) is 0 Å². The zero-order valence-corrected chi connectivity index (χ0v) is 12.3. The van der Waals surface area contributed by atoms with E-state index in [2.05, 4.69) is 10.1 Å². The first-order valence-corrected chi connectivity index (χ1v) is 7.45. The summed E-state index contributed by atoms with van der Waals surface area (Å²) in [7, 11) is 0. The quantitative estimate of drug-likeness (QED) is 0.839. The average Bonchev–Trinajstić information content (AvgIpc) is 2.46. The van der Waals surface area contributed by atoms with E-state index in [4.69, 9.17) is 11.6 Å². The van der Waals surface area contributed by atoms with Crippen LogP contribution in [0, 0.1) is 5.92 Å². The summed E-state index contributed by atoms with van der Waals surface area (Å²) in [6, 6.07) is 5.67. The average molecular weight is 318 g/mol. The number of alkyl halides is 3.